The third-order valence-electron chi connectivity index (χ3n) is 4.67. The smallest absolute Gasteiger partial charge is 0.223 e. The molecule has 0 spiro atoms. The van der Waals surface area contributed by atoms with Gasteiger partial charge in [-0.1, -0.05) is 36.4 Å². The highest BCUT2D eigenvalue weighted by atomic mass is 127. The number of anilines is 1. The Morgan fingerprint density at radius 1 is 1.26 bits per heavy atom. The molecule has 1 saturated heterocycles. The lowest BCUT2D eigenvalue weighted by Crippen LogP contribution is -2.27. The molecule has 0 saturated carbocycles. The standard InChI is InChI=1S/C20H24N4O2.HI/c1-24-18(25)11-15(19(24)14-7-4-3-5-8-14)13-22-20(21)23-16-9-6-10-17(12-16)26-2;/h3-10,12,15,19H,11,13H2,1-2H3,(H3,21,22,23);1H. The molecule has 3 rings (SSSR count). The number of nitrogens with two attached hydrogens (primary N) is 1. The molecule has 1 aliphatic heterocycles. The maximum absolute atomic E-state index is 12.2. The Bertz CT molecular complexity index is 798. The summed E-state index contributed by atoms with van der Waals surface area (Å²) in [5, 5.41) is 3.07. The largest absolute Gasteiger partial charge is 0.497 e. The van der Waals surface area contributed by atoms with Crippen LogP contribution < -0.4 is 15.8 Å². The van der Waals surface area contributed by atoms with E-state index in [1.165, 1.54) is 0 Å². The number of methoxy groups -OCH3 is 1. The van der Waals surface area contributed by atoms with E-state index in [0.29, 0.717) is 18.9 Å². The monoisotopic (exact) mass is 480 g/mol. The van der Waals surface area contributed by atoms with Crippen LogP contribution in [0.15, 0.2) is 59.6 Å². The van der Waals surface area contributed by atoms with Crippen LogP contribution >= 0.6 is 24.0 Å². The number of carbonyl (C=O) groups is 1. The third kappa shape index (κ3) is 5.12. The summed E-state index contributed by atoms with van der Waals surface area (Å²) in [6.07, 6.45) is 0.478. The molecule has 27 heavy (non-hydrogen) atoms. The molecule has 0 aliphatic carbocycles. The van der Waals surface area contributed by atoms with E-state index in [1.807, 2.05) is 61.6 Å². The number of nitrogens with one attached hydrogen (secondary N) is 1. The molecule has 1 heterocycles. The molecule has 144 valence electrons. The number of likely N-dealkylation sites (tertiary alicyclic amines) is 1. The predicted octanol–water partition coefficient (Wildman–Crippen LogP) is 3.26. The second-order valence-corrected chi connectivity index (χ2v) is 6.41. The Balaban J connectivity index is 0.00000261. The lowest BCUT2D eigenvalue weighted by molar-refractivity contribution is -0.127. The molecule has 6 nitrogen and oxygen atoms in total. The first kappa shape index (κ1) is 21.0. The van der Waals surface area contributed by atoms with E-state index in [9.17, 15) is 4.79 Å². The first-order chi connectivity index (χ1) is 12.6. The highest BCUT2D eigenvalue weighted by Crippen LogP contribution is 2.36. The number of aliphatic imine (C=N–C) groups is 1. The number of benzene rings is 2. The van der Waals surface area contributed by atoms with Gasteiger partial charge >= 0.3 is 0 Å². The Morgan fingerprint density at radius 3 is 2.70 bits per heavy atom. The van der Waals surface area contributed by atoms with Crippen molar-refractivity contribution in [3.63, 3.8) is 0 Å². The number of nitrogens with zero attached hydrogens (tertiary/aromatic N) is 2. The molecular formula is C20H25IN4O2. The SMILES string of the molecule is COc1cccc(NC(N)=NCC2CC(=O)N(C)C2c2ccccc2)c1.I. The fourth-order valence-electron chi connectivity index (χ4n) is 3.37. The zero-order valence-electron chi connectivity index (χ0n) is 15.5. The molecule has 2 atom stereocenters. The number of guanidine groups is 1. The summed E-state index contributed by atoms with van der Waals surface area (Å²) >= 11 is 0. The first-order valence-electron chi connectivity index (χ1n) is 8.60. The zero-order chi connectivity index (χ0) is 18.5. The summed E-state index contributed by atoms with van der Waals surface area (Å²) in [6, 6.07) is 17.6. The number of halogens is 1. The fraction of sp³-hybridized carbons (Fsp3) is 0.300. The molecule has 0 radical (unpaired) electrons. The second-order valence-electron chi connectivity index (χ2n) is 6.41. The third-order valence-corrected chi connectivity index (χ3v) is 4.67. The Hall–Kier alpha value is -2.29. The van der Waals surface area contributed by atoms with Crippen LogP contribution in [0.25, 0.3) is 0 Å². The lowest BCUT2D eigenvalue weighted by Gasteiger charge is -2.24. The molecule has 2 unspecified atom stereocenters. The Morgan fingerprint density at radius 2 is 2.00 bits per heavy atom. The van der Waals surface area contributed by atoms with Gasteiger partial charge in [-0.15, -0.1) is 24.0 Å². The highest BCUT2D eigenvalue weighted by molar-refractivity contribution is 14.0. The molecule has 7 heteroatoms. The van der Waals surface area contributed by atoms with Gasteiger partial charge in [0.2, 0.25) is 5.91 Å². The van der Waals surface area contributed by atoms with Gasteiger partial charge in [0.1, 0.15) is 5.75 Å². The van der Waals surface area contributed by atoms with Gasteiger partial charge in [0.25, 0.3) is 0 Å². The number of ether oxygens (including phenoxy) is 1. The zero-order valence-corrected chi connectivity index (χ0v) is 17.8. The van der Waals surface area contributed by atoms with E-state index in [2.05, 4.69) is 10.3 Å². The molecule has 0 bridgehead atoms. The summed E-state index contributed by atoms with van der Waals surface area (Å²) in [7, 11) is 3.47. The number of amides is 1. The van der Waals surface area contributed by atoms with E-state index in [4.69, 9.17) is 10.5 Å². The minimum absolute atomic E-state index is 0. The van der Waals surface area contributed by atoms with Crippen molar-refractivity contribution >= 4 is 41.5 Å². The summed E-state index contributed by atoms with van der Waals surface area (Å²) < 4.78 is 5.20. The van der Waals surface area contributed by atoms with Gasteiger partial charge < -0.3 is 20.7 Å². The van der Waals surface area contributed by atoms with Crippen LogP contribution in [0.1, 0.15) is 18.0 Å². The predicted molar refractivity (Wildman–Crippen MR) is 119 cm³/mol. The van der Waals surface area contributed by atoms with Crippen LogP contribution in [-0.2, 0) is 4.79 Å². The van der Waals surface area contributed by atoms with Crippen LogP contribution in [0.2, 0.25) is 0 Å². The van der Waals surface area contributed by atoms with Crippen LogP contribution in [0.5, 0.6) is 5.75 Å². The number of hydrogen-bond acceptors (Lipinski definition) is 3. The summed E-state index contributed by atoms with van der Waals surface area (Å²) in [4.78, 5) is 18.5. The van der Waals surface area contributed by atoms with Gasteiger partial charge in [0.15, 0.2) is 5.96 Å². The Kier molecular flexibility index (Phi) is 7.46. The maximum Gasteiger partial charge on any atom is 0.223 e. The van der Waals surface area contributed by atoms with Crippen molar-refractivity contribution in [1.29, 1.82) is 0 Å². The van der Waals surface area contributed by atoms with Gasteiger partial charge in [-0.05, 0) is 17.7 Å². The molecular weight excluding hydrogens is 455 g/mol. The van der Waals surface area contributed by atoms with Gasteiger partial charge in [-0.2, -0.15) is 0 Å². The highest BCUT2D eigenvalue weighted by Gasteiger charge is 2.38. The van der Waals surface area contributed by atoms with Gasteiger partial charge in [-0.25, -0.2) is 0 Å². The maximum atomic E-state index is 12.2. The number of carbonyl (C=O) groups excluding carboxylic acids is 1. The average Bonchev–Trinajstić information content (AvgIpc) is 2.95. The minimum atomic E-state index is 0. The molecule has 2 aromatic rings. The second kappa shape index (κ2) is 9.59. The number of hydrogen-bond donors (Lipinski definition) is 2. The van der Waals surface area contributed by atoms with Crippen molar-refractivity contribution in [3.05, 3.63) is 60.2 Å². The van der Waals surface area contributed by atoms with Crippen molar-refractivity contribution < 1.29 is 9.53 Å². The van der Waals surface area contributed by atoms with E-state index < -0.39 is 0 Å². The topological polar surface area (TPSA) is 80.0 Å². The molecule has 0 aromatic heterocycles. The van der Waals surface area contributed by atoms with Crippen LogP contribution in [0.4, 0.5) is 5.69 Å². The number of rotatable bonds is 5. The quantitative estimate of drug-likeness (QED) is 0.391. The summed E-state index contributed by atoms with van der Waals surface area (Å²) in [5.41, 5.74) is 7.96. The van der Waals surface area contributed by atoms with Crippen molar-refractivity contribution in [2.75, 3.05) is 26.0 Å². The van der Waals surface area contributed by atoms with Gasteiger partial charge in [-0.3, -0.25) is 9.79 Å². The minimum Gasteiger partial charge on any atom is -0.497 e. The van der Waals surface area contributed by atoms with Gasteiger partial charge in [0.05, 0.1) is 13.2 Å². The average molecular weight is 480 g/mol. The molecule has 1 amide bonds. The lowest BCUT2D eigenvalue weighted by atomic mass is 9.94. The van der Waals surface area contributed by atoms with Crippen molar-refractivity contribution in [2.45, 2.75) is 12.5 Å². The molecule has 1 aliphatic rings. The summed E-state index contributed by atoms with van der Waals surface area (Å²) in [5.74, 6) is 1.31. The Labute approximate surface area is 176 Å². The molecule has 1 fully saturated rings. The fourth-order valence-corrected chi connectivity index (χ4v) is 3.37. The van der Waals surface area contributed by atoms with Crippen LogP contribution in [0, 0.1) is 5.92 Å². The van der Waals surface area contributed by atoms with Crippen molar-refractivity contribution in [2.24, 2.45) is 16.6 Å². The van der Waals surface area contributed by atoms with Gasteiger partial charge in [0, 0.05) is 37.7 Å². The van der Waals surface area contributed by atoms with E-state index >= 15 is 0 Å². The van der Waals surface area contributed by atoms with Crippen molar-refractivity contribution in [3.8, 4) is 5.75 Å². The molecule has 2 aromatic carbocycles. The first-order valence-corrected chi connectivity index (χ1v) is 8.60. The molecule has 3 N–H and O–H groups in total. The normalized spacial score (nSPS) is 19.6. The van der Waals surface area contributed by atoms with E-state index in [1.54, 1.807) is 12.0 Å². The van der Waals surface area contributed by atoms with E-state index in [0.717, 1.165) is 17.0 Å². The van der Waals surface area contributed by atoms with Crippen LogP contribution in [0.3, 0.4) is 0 Å². The summed E-state index contributed by atoms with van der Waals surface area (Å²) in [6.45, 7) is 0.485. The van der Waals surface area contributed by atoms with Crippen molar-refractivity contribution in [1.82, 2.24) is 4.90 Å². The van der Waals surface area contributed by atoms with Crippen LogP contribution in [-0.4, -0.2) is 37.5 Å². The van der Waals surface area contributed by atoms with E-state index in [-0.39, 0.29) is 41.8 Å².